The topological polar surface area (TPSA) is 24.4 Å². The van der Waals surface area contributed by atoms with Crippen LogP contribution in [0.1, 0.15) is 26.7 Å². The Bertz CT molecular complexity index is 235. The van der Waals surface area contributed by atoms with Crippen molar-refractivity contribution < 1.29 is 0 Å². The van der Waals surface area contributed by atoms with Gasteiger partial charge in [-0.25, -0.2) is 0 Å². The second-order valence-electron chi connectivity index (χ2n) is 4.72. The number of hydrogen-bond acceptors (Lipinski definition) is 4. The fourth-order valence-corrected chi connectivity index (χ4v) is 4.45. The van der Waals surface area contributed by atoms with Gasteiger partial charge >= 0.3 is 0 Å². The Balaban J connectivity index is 1.71. The molecule has 15 heavy (non-hydrogen) atoms. The summed E-state index contributed by atoms with van der Waals surface area (Å²) in [6.45, 7) is 5.60. The van der Waals surface area contributed by atoms with Crippen LogP contribution in [0.2, 0.25) is 0 Å². The van der Waals surface area contributed by atoms with Gasteiger partial charge in [-0.1, -0.05) is 25.6 Å². The fraction of sp³-hybridized carbons (Fsp3) is 0.909. The zero-order chi connectivity index (χ0) is 10.7. The molecule has 2 unspecified atom stereocenters. The molecule has 2 aliphatic rings. The molecule has 0 aromatic rings. The van der Waals surface area contributed by atoms with Crippen molar-refractivity contribution in [2.24, 2.45) is 10.9 Å². The van der Waals surface area contributed by atoms with Crippen LogP contribution in [0.4, 0.5) is 0 Å². The molecule has 1 saturated heterocycles. The Morgan fingerprint density at radius 3 is 3.07 bits per heavy atom. The van der Waals surface area contributed by atoms with Crippen LogP contribution in [0.5, 0.6) is 0 Å². The van der Waals surface area contributed by atoms with Gasteiger partial charge in [-0.2, -0.15) is 11.8 Å². The maximum atomic E-state index is 4.59. The summed E-state index contributed by atoms with van der Waals surface area (Å²) in [6.07, 6.45) is 2.60. The van der Waals surface area contributed by atoms with Crippen molar-refractivity contribution in [1.82, 2.24) is 5.32 Å². The summed E-state index contributed by atoms with van der Waals surface area (Å²) in [7, 11) is 0. The van der Waals surface area contributed by atoms with Crippen molar-refractivity contribution in [3.8, 4) is 0 Å². The van der Waals surface area contributed by atoms with Gasteiger partial charge in [-0.05, 0) is 24.5 Å². The third kappa shape index (κ3) is 3.59. The predicted octanol–water partition coefficient (Wildman–Crippen LogP) is 2.60. The van der Waals surface area contributed by atoms with E-state index in [4.69, 9.17) is 0 Å². The molecule has 2 aliphatic heterocycles. The average molecular weight is 244 g/mol. The number of thioether (sulfide) groups is 2. The predicted molar refractivity (Wildman–Crippen MR) is 72.0 cm³/mol. The Kier molecular flexibility index (Phi) is 4.26. The molecule has 2 heterocycles. The lowest BCUT2D eigenvalue weighted by molar-refractivity contribution is 0.575. The summed E-state index contributed by atoms with van der Waals surface area (Å²) >= 11 is 4.01. The van der Waals surface area contributed by atoms with Crippen molar-refractivity contribution in [2.45, 2.75) is 38.0 Å². The molecule has 0 aromatic heterocycles. The highest BCUT2D eigenvalue weighted by Gasteiger charge is 2.23. The van der Waals surface area contributed by atoms with Crippen LogP contribution < -0.4 is 5.32 Å². The van der Waals surface area contributed by atoms with Crippen LogP contribution in [0.3, 0.4) is 0 Å². The first-order chi connectivity index (χ1) is 7.24. The number of amidine groups is 1. The van der Waals surface area contributed by atoms with Crippen LogP contribution >= 0.6 is 23.5 Å². The monoisotopic (exact) mass is 244 g/mol. The van der Waals surface area contributed by atoms with E-state index in [1.165, 1.54) is 29.5 Å². The van der Waals surface area contributed by atoms with Gasteiger partial charge in [-0.15, -0.1) is 0 Å². The zero-order valence-electron chi connectivity index (χ0n) is 9.53. The van der Waals surface area contributed by atoms with Gasteiger partial charge in [0.15, 0.2) is 5.17 Å². The Morgan fingerprint density at radius 1 is 1.53 bits per heavy atom. The molecule has 2 nitrogen and oxygen atoms in total. The van der Waals surface area contributed by atoms with Crippen LogP contribution in [0.15, 0.2) is 4.99 Å². The van der Waals surface area contributed by atoms with Crippen molar-refractivity contribution in [2.75, 3.05) is 18.1 Å². The van der Waals surface area contributed by atoms with Crippen LogP contribution in [0.25, 0.3) is 0 Å². The van der Waals surface area contributed by atoms with E-state index < -0.39 is 0 Å². The summed E-state index contributed by atoms with van der Waals surface area (Å²) in [5, 5.41) is 5.50. The highest BCUT2D eigenvalue weighted by molar-refractivity contribution is 8.14. The summed E-state index contributed by atoms with van der Waals surface area (Å²) in [5.74, 6) is 3.36. The molecule has 0 amide bonds. The van der Waals surface area contributed by atoms with Gasteiger partial charge in [-0.3, -0.25) is 4.99 Å². The van der Waals surface area contributed by atoms with E-state index in [2.05, 4.69) is 35.9 Å². The lowest BCUT2D eigenvalue weighted by Crippen LogP contribution is -2.32. The summed E-state index contributed by atoms with van der Waals surface area (Å²) in [5.41, 5.74) is 0. The molecule has 0 aliphatic carbocycles. The molecule has 1 fully saturated rings. The number of aliphatic imine (C=N–C) groups is 1. The molecular weight excluding hydrogens is 224 g/mol. The average Bonchev–Trinajstić information content (AvgIpc) is 2.77. The Labute approximate surface area is 101 Å². The minimum atomic E-state index is 0.680. The van der Waals surface area contributed by atoms with Gasteiger partial charge in [0.1, 0.15) is 0 Å². The van der Waals surface area contributed by atoms with Crippen molar-refractivity contribution in [1.29, 1.82) is 0 Å². The molecule has 1 N–H and O–H groups in total. The quantitative estimate of drug-likeness (QED) is 0.826. The van der Waals surface area contributed by atoms with E-state index in [9.17, 15) is 0 Å². The highest BCUT2D eigenvalue weighted by Crippen LogP contribution is 2.27. The van der Waals surface area contributed by atoms with Crippen LogP contribution in [-0.4, -0.2) is 34.5 Å². The molecule has 0 spiro atoms. The van der Waals surface area contributed by atoms with E-state index >= 15 is 0 Å². The number of hydrogen-bond donors (Lipinski definition) is 1. The first kappa shape index (κ1) is 11.6. The first-order valence-corrected chi connectivity index (χ1v) is 7.83. The summed E-state index contributed by atoms with van der Waals surface area (Å²) < 4.78 is 0. The molecule has 2 atom stereocenters. The van der Waals surface area contributed by atoms with Gasteiger partial charge in [0.2, 0.25) is 0 Å². The van der Waals surface area contributed by atoms with Gasteiger partial charge in [0, 0.05) is 17.0 Å². The second kappa shape index (κ2) is 5.48. The zero-order valence-corrected chi connectivity index (χ0v) is 11.2. The fourth-order valence-electron chi connectivity index (χ4n) is 1.97. The van der Waals surface area contributed by atoms with E-state index in [-0.39, 0.29) is 0 Å². The molecule has 0 bridgehead atoms. The van der Waals surface area contributed by atoms with Crippen LogP contribution in [0, 0.1) is 5.92 Å². The minimum absolute atomic E-state index is 0.680. The van der Waals surface area contributed by atoms with Crippen molar-refractivity contribution >= 4 is 28.7 Å². The third-order valence-corrected chi connectivity index (χ3v) is 5.02. The molecule has 4 heteroatoms. The van der Waals surface area contributed by atoms with Gasteiger partial charge in [0.25, 0.3) is 0 Å². The number of nitrogens with zero attached hydrogens (tertiary/aromatic N) is 1. The van der Waals surface area contributed by atoms with Crippen molar-refractivity contribution in [3.05, 3.63) is 0 Å². The van der Waals surface area contributed by atoms with E-state index in [1.54, 1.807) is 0 Å². The Morgan fingerprint density at radius 2 is 2.40 bits per heavy atom. The Hall–Kier alpha value is 0.170. The number of nitrogens with one attached hydrogen (secondary N) is 1. The smallest absolute Gasteiger partial charge is 0.157 e. The standard InChI is InChI=1S/C11H20N2S2/c1-8(2)5-10-6-12-11(15-10)13-9-3-4-14-7-9/h8-10H,3-7H2,1-2H3,(H,12,13). The third-order valence-electron chi connectivity index (χ3n) is 2.71. The molecule has 2 rings (SSSR count). The molecule has 0 aromatic carbocycles. The van der Waals surface area contributed by atoms with Gasteiger partial charge < -0.3 is 5.32 Å². The molecular formula is C11H20N2S2. The normalized spacial score (nSPS) is 31.0. The second-order valence-corrected chi connectivity index (χ2v) is 7.16. The largest absolute Gasteiger partial charge is 0.361 e. The highest BCUT2D eigenvalue weighted by atomic mass is 32.2. The molecule has 0 radical (unpaired) electrons. The summed E-state index contributed by atoms with van der Waals surface area (Å²) in [6, 6.07) is 0.680. The maximum absolute atomic E-state index is 4.59. The van der Waals surface area contributed by atoms with Gasteiger partial charge in [0.05, 0.1) is 6.54 Å². The van der Waals surface area contributed by atoms with E-state index in [1.807, 2.05) is 11.8 Å². The molecule has 86 valence electrons. The van der Waals surface area contributed by atoms with Crippen LogP contribution in [-0.2, 0) is 0 Å². The van der Waals surface area contributed by atoms with E-state index in [0.29, 0.717) is 6.04 Å². The lowest BCUT2D eigenvalue weighted by Gasteiger charge is -2.14. The SMILES string of the molecule is CC(C)CC1CN=C(NC2CCSC2)S1. The first-order valence-electron chi connectivity index (χ1n) is 5.79. The maximum Gasteiger partial charge on any atom is 0.157 e. The summed E-state index contributed by atoms with van der Waals surface area (Å²) in [4.78, 5) is 4.59. The minimum Gasteiger partial charge on any atom is -0.361 e. The van der Waals surface area contributed by atoms with Crippen molar-refractivity contribution in [3.63, 3.8) is 0 Å². The lowest BCUT2D eigenvalue weighted by atomic mass is 10.1. The number of rotatable bonds is 3. The molecule has 0 saturated carbocycles. The van der Waals surface area contributed by atoms with E-state index in [0.717, 1.165) is 17.7 Å².